The van der Waals surface area contributed by atoms with Gasteiger partial charge >= 0.3 is 5.69 Å². The van der Waals surface area contributed by atoms with E-state index in [0.29, 0.717) is 0 Å². The highest BCUT2D eigenvalue weighted by atomic mass is 19.3. The first-order chi connectivity index (χ1) is 8.81. The Morgan fingerprint density at radius 2 is 2.26 bits per heavy atom. The Morgan fingerprint density at radius 3 is 2.79 bits per heavy atom. The summed E-state index contributed by atoms with van der Waals surface area (Å²) in [7, 11) is 0. The average Bonchev–Trinajstić information content (AvgIpc) is 2.77. The Labute approximate surface area is 105 Å². The molecule has 0 aromatic carbocycles. The SMILES string of the molecule is O=C([O-])N1CCC(F)(F)C(n2cc([N+](=O)[O-])cn2)C1. The van der Waals surface area contributed by atoms with Crippen LogP contribution in [0, 0.1) is 10.1 Å². The molecule has 104 valence electrons. The largest absolute Gasteiger partial charge is 0.530 e. The lowest BCUT2D eigenvalue weighted by atomic mass is 10.0. The van der Waals surface area contributed by atoms with Gasteiger partial charge in [0.05, 0.1) is 4.92 Å². The molecule has 1 aromatic rings. The molecule has 1 saturated heterocycles. The van der Waals surface area contributed by atoms with Crippen molar-refractivity contribution in [2.45, 2.75) is 18.4 Å². The van der Waals surface area contributed by atoms with Gasteiger partial charge in [0, 0.05) is 19.5 Å². The fourth-order valence-corrected chi connectivity index (χ4v) is 1.92. The number of nitrogens with zero attached hydrogens (tertiary/aromatic N) is 4. The molecule has 1 aliphatic heterocycles. The van der Waals surface area contributed by atoms with E-state index in [0.717, 1.165) is 22.0 Å². The minimum absolute atomic E-state index is 0.338. The van der Waals surface area contributed by atoms with E-state index in [-0.39, 0.29) is 6.54 Å². The minimum atomic E-state index is -3.19. The van der Waals surface area contributed by atoms with Crippen LogP contribution in [0.4, 0.5) is 19.3 Å². The molecule has 2 rings (SSSR count). The van der Waals surface area contributed by atoms with Crippen LogP contribution >= 0.6 is 0 Å². The summed E-state index contributed by atoms with van der Waals surface area (Å²) in [6, 6.07) is -1.58. The molecule has 0 spiro atoms. The first kappa shape index (κ1) is 13.2. The van der Waals surface area contributed by atoms with Crippen molar-refractivity contribution in [3.8, 4) is 0 Å². The monoisotopic (exact) mass is 275 g/mol. The van der Waals surface area contributed by atoms with Crippen molar-refractivity contribution in [3.63, 3.8) is 0 Å². The lowest BCUT2D eigenvalue weighted by Gasteiger charge is -2.39. The topological polar surface area (TPSA) is 104 Å². The van der Waals surface area contributed by atoms with Crippen molar-refractivity contribution >= 4 is 11.8 Å². The standard InChI is InChI=1S/C9H10F2N4O4/c10-9(11)1-2-13(8(16)17)5-7(9)14-4-6(3-12-14)15(18)19/h3-4,7H,1-2,5H2,(H,16,17)/p-1. The maximum atomic E-state index is 13.7. The molecule has 0 bridgehead atoms. The molecule has 0 radical (unpaired) electrons. The maximum Gasteiger partial charge on any atom is 0.307 e. The zero-order valence-electron chi connectivity index (χ0n) is 9.53. The molecule has 2 heterocycles. The number of hydrogen-bond acceptors (Lipinski definition) is 5. The zero-order valence-corrected chi connectivity index (χ0v) is 9.53. The highest BCUT2D eigenvalue weighted by Crippen LogP contribution is 2.36. The lowest BCUT2D eigenvalue weighted by Crippen LogP contribution is -2.53. The Bertz CT molecular complexity index is 518. The molecule has 8 nitrogen and oxygen atoms in total. The molecule has 1 amide bonds. The summed E-state index contributed by atoms with van der Waals surface area (Å²) in [6.45, 7) is -0.858. The number of carbonyl (C=O) groups is 1. The van der Waals surface area contributed by atoms with Crippen LogP contribution in [-0.4, -0.2) is 44.7 Å². The van der Waals surface area contributed by atoms with Crippen LogP contribution in [0.5, 0.6) is 0 Å². The summed E-state index contributed by atoms with van der Waals surface area (Å²) in [5.41, 5.74) is -0.429. The Balaban J connectivity index is 2.27. The minimum Gasteiger partial charge on any atom is -0.530 e. The molecule has 0 aliphatic carbocycles. The van der Waals surface area contributed by atoms with Crippen molar-refractivity contribution in [1.29, 1.82) is 0 Å². The summed E-state index contributed by atoms with van der Waals surface area (Å²) in [5, 5.41) is 24.7. The molecule has 10 heteroatoms. The molecule has 1 aromatic heterocycles. The first-order valence-corrected chi connectivity index (χ1v) is 5.33. The third-order valence-corrected chi connectivity index (χ3v) is 2.97. The van der Waals surface area contributed by atoms with Gasteiger partial charge in [0.15, 0.2) is 0 Å². The molecule has 0 N–H and O–H groups in total. The van der Waals surface area contributed by atoms with Gasteiger partial charge in [0.25, 0.3) is 5.92 Å². The van der Waals surface area contributed by atoms with Crippen molar-refractivity contribution in [2.75, 3.05) is 13.1 Å². The Hall–Kier alpha value is -2.26. The van der Waals surface area contributed by atoms with E-state index in [1.165, 1.54) is 0 Å². The molecule has 1 atom stereocenters. The highest BCUT2D eigenvalue weighted by Gasteiger charge is 2.46. The van der Waals surface area contributed by atoms with Gasteiger partial charge in [-0.1, -0.05) is 0 Å². The van der Waals surface area contributed by atoms with Gasteiger partial charge < -0.3 is 14.8 Å². The van der Waals surface area contributed by atoms with Gasteiger partial charge in [0.2, 0.25) is 0 Å². The summed E-state index contributed by atoms with van der Waals surface area (Å²) < 4.78 is 28.2. The molecule has 1 aliphatic rings. The lowest BCUT2D eigenvalue weighted by molar-refractivity contribution is -0.385. The number of aromatic nitrogens is 2. The number of halogens is 2. The number of alkyl halides is 2. The van der Waals surface area contributed by atoms with Crippen LogP contribution in [-0.2, 0) is 0 Å². The fraction of sp³-hybridized carbons (Fsp3) is 0.556. The van der Waals surface area contributed by atoms with Crippen molar-refractivity contribution in [1.82, 2.24) is 14.7 Å². The third kappa shape index (κ3) is 2.46. The number of rotatable bonds is 2. The number of nitro groups is 1. The van der Waals surface area contributed by atoms with Crippen LogP contribution in [0.15, 0.2) is 12.4 Å². The average molecular weight is 275 g/mol. The molecular weight excluding hydrogens is 266 g/mol. The second-order valence-corrected chi connectivity index (χ2v) is 4.17. The molecule has 1 unspecified atom stereocenters. The summed E-state index contributed by atoms with van der Waals surface area (Å²) in [5.74, 6) is -3.19. The summed E-state index contributed by atoms with van der Waals surface area (Å²) in [6.07, 6.45) is -0.535. The number of piperidine rings is 1. The number of carbonyl (C=O) groups excluding carboxylic acids is 1. The van der Waals surface area contributed by atoms with Gasteiger partial charge in [0.1, 0.15) is 24.5 Å². The molecule has 1 fully saturated rings. The smallest absolute Gasteiger partial charge is 0.307 e. The van der Waals surface area contributed by atoms with E-state index >= 15 is 0 Å². The Morgan fingerprint density at radius 1 is 1.58 bits per heavy atom. The van der Waals surface area contributed by atoms with Crippen LogP contribution in [0.25, 0.3) is 0 Å². The highest BCUT2D eigenvalue weighted by molar-refractivity contribution is 5.62. The van der Waals surface area contributed by atoms with Crippen LogP contribution in [0.2, 0.25) is 0 Å². The van der Waals surface area contributed by atoms with E-state index < -0.39 is 41.6 Å². The number of carboxylic acid groups (broad SMARTS) is 1. The van der Waals surface area contributed by atoms with Gasteiger partial charge in [-0.3, -0.25) is 14.8 Å². The molecular formula is C9H9F2N4O4-. The third-order valence-electron chi connectivity index (χ3n) is 2.97. The second-order valence-electron chi connectivity index (χ2n) is 4.17. The number of amides is 1. The zero-order chi connectivity index (χ0) is 14.2. The van der Waals surface area contributed by atoms with E-state index in [9.17, 15) is 28.8 Å². The van der Waals surface area contributed by atoms with Crippen molar-refractivity contribution < 1.29 is 23.6 Å². The molecule has 19 heavy (non-hydrogen) atoms. The predicted molar refractivity (Wildman–Crippen MR) is 54.5 cm³/mol. The van der Waals surface area contributed by atoms with Crippen LogP contribution in [0.3, 0.4) is 0 Å². The summed E-state index contributed by atoms with van der Waals surface area (Å²) in [4.78, 5) is 21.1. The van der Waals surface area contributed by atoms with Gasteiger partial charge in [-0.2, -0.15) is 5.10 Å². The second kappa shape index (κ2) is 4.44. The van der Waals surface area contributed by atoms with E-state index in [2.05, 4.69) is 5.10 Å². The molecule has 0 saturated carbocycles. The van der Waals surface area contributed by atoms with Crippen LogP contribution < -0.4 is 5.11 Å². The van der Waals surface area contributed by atoms with Crippen LogP contribution in [0.1, 0.15) is 12.5 Å². The normalized spacial score (nSPS) is 22.2. The van der Waals surface area contributed by atoms with Crippen molar-refractivity contribution in [2.24, 2.45) is 0 Å². The van der Waals surface area contributed by atoms with Crippen molar-refractivity contribution in [3.05, 3.63) is 22.5 Å². The van der Waals surface area contributed by atoms with Gasteiger partial charge in [-0.05, 0) is 0 Å². The predicted octanol–water partition coefficient (Wildman–Crippen LogP) is 0.0167. The number of hydrogen-bond donors (Lipinski definition) is 0. The van der Waals surface area contributed by atoms with E-state index in [1.54, 1.807) is 0 Å². The van der Waals surface area contributed by atoms with Gasteiger partial charge in [-0.25, -0.2) is 8.78 Å². The fourth-order valence-electron chi connectivity index (χ4n) is 1.92. The summed E-state index contributed by atoms with van der Waals surface area (Å²) >= 11 is 0. The van der Waals surface area contributed by atoms with Gasteiger partial charge in [-0.15, -0.1) is 0 Å². The quantitative estimate of drug-likeness (QED) is 0.558. The number of likely N-dealkylation sites (tertiary alicyclic amines) is 1. The maximum absolute atomic E-state index is 13.7. The van der Waals surface area contributed by atoms with E-state index in [1.807, 2.05) is 0 Å². The Kier molecular flexibility index (Phi) is 3.08. The van der Waals surface area contributed by atoms with E-state index in [4.69, 9.17) is 0 Å². The first-order valence-electron chi connectivity index (χ1n) is 5.33.